The number of nitrogens with zero attached hydrogens (tertiary/aromatic N) is 4. The van der Waals surface area contributed by atoms with E-state index in [1.807, 2.05) is 41.7 Å². The van der Waals surface area contributed by atoms with Gasteiger partial charge in [0.1, 0.15) is 0 Å². The number of anilines is 1. The van der Waals surface area contributed by atoms with Crippen LogP contribution in [0.4, 0.5) is 5.13 Å². The number of pyridine rings is 1. The molecule has 5 rings (SSSR count). The first-order chi connectivity index (χ1) is 15.0. The molecule has 1 atom stereocenters. The van der Waals surface area contributed by atoms with Crippen LogP contribution in [0.25, 0.3) is 26.8 Å². The number of para-hydroxylation sites is 1. The van der Waals surface area contributed by atoms with Crippen LogP contribution in [0, 0.1) is 6.92 Å². The van der Waals surface area contributed by atoms with E-state index < -0.39 is 0 Å². The average Bonchev–Trinajstić information content (AvgIpc) is 3.35. The highest BCUT2D eigenvalue weighted by Gasteiger charge is 2.23. The van der Waals surface area contributed by atoms with Crippen LogP contribution in [0.3, 0.4) is 0 Å². The van der Waals surface area contributed by atoms with Crippen LogP contribution in [-0.2, 0) is 4.79 Å². The van der Waals surface area contributed by atoms with Crippen molar-refractivity contribution in [1.82, 2.24) is 19.6 Å². The van der Waals surface area contributed by atoms with Gasteiger partial charge in [0.2, 0.25) is 5.91 Å². The number of amides is 1. The predicted molar refractivity (Wildman–Crippen MR) is 128 cm³/mol. The van der Waals surface area contributed by atoms with Crippen LogP contribution in [0.1, 0.15) is 18.9 Å². The van der Waals surface area contributed by atoms with E-state index in [2.05, 4.69) is 39.6 Å². The number of rotatable bonds is 5. The Bertz CT molecular complexity index is 1440. The summed E-state index contributed by atoms with van der Waals surface area (Å²) in [6.07, 6.45) is 0.645. The topological polar surface area (TPSA) is 72.2 Å². The Morgan fingerprint density at radius 2 is 2.06 bits per heavy atom. The highest BCUT2D eigenvalue weighted by molar-refractivity contribution is 8.00. The molecule has 0 aliphatic rings. The van der Waals surface area contributed by atoms with Gasteiger partial charge in [-0.25, -0.2) is 4.98 Å². The summed E-state index contributed by atoms with van der Waals surface area (Å²) in [5.41, 5.74) is 3.77. The SMILES string of the molecule is CCC(Sc1nnc2cc(C)c3ccccc3n12)C(=O)Nc1nc2ccc(Cl)cc2s1. The molecule has 0 spiro atoms. The third-order valence-corrected chi connectivity index (χ3v) is 7.54. The lowest BCUT2D eigenvalue weighted by Crippen LogP contribution is -2.24. The summed E-state index contributed by atoms with van der Waals surface area (Å²) in [5, 5.41) is 14.4. The summed E-state index contributed by atoms with van der Waals surface area (Å²) >= 11 is 8.89. The van der Waals surface area contributed by atoms with E-state index >= 15 is 0 Å². The van der Waals surface area contributed by atoms with Crippen molar-refractivity contribution in [3.8, 4) is 0 Å². The molecular formula is C22H18ClN5OS2. The van der Waals surface area contributed by atoms with Gasteiger partial charge >= 0.3 is 0 Å². The first-order valence-corrected chi connectivity index (χ1v) is 11.9. The zero-order chi connectivity index (χ0) is 21.5. The lowest BCUT2D eigenvalue weighted by atomic mass is 10.1. The largest absolute Gasteiger partial charge is 0.301 e. The number of carbonyl (C=O) groups excluding carboxylic acids is 1. The molecule has 0 aliphatic heterocycles. The number of nitrogens with one attached hydrogen (secondary N) is 1. The molecule has 1 amide bonds. The molecule has 0 aliphatic carbocycles. The van der Waals surface area contributed by atoms with Crippen molar-refractivity contribution in [3.05, 3.63) is 59.1 Å². The second-order valence-electron chi connectivity index (χ2n) is 7.16. The van der Waals surface area contributed by atoms with Crippen LogP contribution in [0.2, 0.25) is 5.02 Å². The smallest absolute Gasteiger partial charge is 0.239 e. The van der Waals surface area contributed by atoms with Gasteiger partial charge in [-0.1, -0.05) is 59.8 Å². The zero-order valence-corrected chi connectivity index (χ0v) is 19.2. The molecule has 156 valence electrons. The van der Waals surface area contributed by atoms with E-state index in [-0.39, 0.29) is 11.2 Å². The Morgan fingerprint density at radius 3 is 2.90 bits per heavy atom. The summed E-state index contributed by atoms with van der Waals surface area (Å²) in [7, 11) is 0. The fraction of sp³-hybridized carbons (Fsp3) is 0.182. The zero-order valence-electron chi connectivity index (χ0n) is 16.8. The van der Waals surface area contributed by atoms with Crippen molar-refractivity contribution in [2.75, 3.05) is 5.32 Å². The number of hydrogen-bond donors (Lipinski definition) is 1. The minimum Gasteiger partial charge on any atom is -0.301 e. The predicted octanol–water partition coefficient (Wildman–Crippen LogP) is 5.96. The van der Waals surface area contributed by atoms with Crippen molar-refractivity contribution >= 4 is 72.5 Å². The van der Waals surface area contributed by atoms with Crippen LogP contribution in [0.5, 0.6) is 0 Å². The van der Waals surface area contributed by atoms with E-state index in [1.54, 1.807) is 6.07 Å². The van der Waals surface area contributed by atoms with Crippen LogP contribution < -0.4 is 5.32 Å². The number of aromatic nitrogens is 4. The minimum atomic E-state index is -0.330. The van der Waals surface area contributed by atoms with E-state index in [1.165, 1.54) is 23.1 Å². The van der Waals surface area contributed by atoms with Crippen LogP contribution in [-0.4, -0.2) is 30.7 Å². The molecule has 0 saturated heterocycles. The van der Waals surface area contributed by atoms with Gasteiger partial charge in [0.05, 0.1) is 21.0 Å². The summed E-state index contributed by atoms with van der Waals surface area (Å²) < 4.78 is 2.96. The maximum Gasteiger partial charge on any atom is 0.239 e. The number of fused-ring (bicyclic) bond motifs is 4. The van der Waals surface area contributed by atoms with E-state index in [9.17, 15) is 4.79 Å². The fourth-order valence-corrected chi connectivity index (χ4v) is 5.66. The Hall–Kier alpha value is -2.68. The van der Waals surface area contributed by atoms with Gasteiger partial charge < -0.3 is 5.32 Å². The maximum atomic E-state index is 13.0. The number of hydrogen-bond acceptors (Lipinski definition) is 6. The third-order valence-electron chi connectivity index (χ3n) is 5.07. The molecule has 5 aromatic rings. The molecule has 3 aromatic heterocycles. The van der Waals surface area contributed by atoms with Gasteiger partial charge in [0.25, 0.3) is 0 Å². The number of aryl methyl sites for hydroxylation is 1. The van der Waals surface area contributed by atoms with Crippen LogP contribution in [0.15, 0.2) is 53.7 Å². The first-order valence-electron chi connectivity index (χ1n) is 9.80. The van der Waals surface area contributed by atoms with Crippen molar-refractivity contribution in [3.63, 3.8) is 0 Å². The Kier molecular flexibility index (Phi) is 5.29. The molecule has 3 heterocycles. The van der Waals surface area contributed by atoms with Crippen molar-refractivity contribution in [1.29, 1.82) is 0 Å². The second-order valence-corrected chi connectivity index (χ2v) is 9.79. The molecule has 1 unspecified atom stereocenters. The number of thiazole rings is 1. The molecular weight excluding hydrogens is 450 g/mol. The molecule has 6 nitrogen and oxygen atoms in total. The molecule has 0 fully saturated rings. The number of benzene rings is 2. The van der Waals surface area contributed by atoms with Gasteiger partial charge in [-0.05, 0) is 49.2 Å². The monoisotopic (exact) mass is 467 g/mol. The standard InChI is InChI=1S/C22H18ClN5OS2/c1-3-17(20(29)25-21-24-15-9-8-13(23)11-18(15)30-21)31-22-27-26-19-10-12(2)14-6-4-5-7-16(14)28(19)22/h4-11,17H,3H2,1-2H3,(H,24,25,29). The molecule has 0 radical (unpaired) electrons. The van der Waals surface area contributed by atoms with Gasteiger partial charge in [-0.15, -0.1) is 10.2 Å². The molecule has 2 aromatic carbocycles. The van der Waals surface area contributed by atoms with E-state index in [4.69, 9.17) is 11.6 Å². The van der Waals surface area contributed by atoms with Crippen LogP contribution >= 0.6 is 34.7 Å². The quantitative estimate of drug-likeness (QED) is 0.323. The third kappa shape index (κ3) is 3.75. The molecule has 9 heteroatoms. The number of halogens is 1. The van der Waals surface area contributed by atoms with Gasteiger partial charge in [-0.2, -0.15) is 0 Å². The Morgan fingerprint density at radius 1 is 1.23 bits per heavy atom. The van der Waals surface area contributed by atoms with Gasteiger partial charge in [-0.3, -0.25) is 9.20 Å². The fourth-order valence-electron chi connectivity index (χ4n) is 3.54. The molecule has 0 bridgehead atoms. The second kappa shape index (κ2) is 8.11. The lowest BCUT2D eigenvalue weighted by Gasteiger charge is -2.13. The average molecular weight is 468 g/mol. The highest BCUT2D eigenvalue weighted by atomic mass is 35.5. The molecule has 1 N–H and O–H groups in total. The van der Waals surface area contributed by atoms with Crippen molar-refractivity contribution in [2.45, 2.75) is 30.7 Å². The lowest BCUT2D eigenvalue weighted by molar-refractivity contribution is -0.115. The van der Waals surface area contributed by atoms with E-state index in [0.29, 0.717) is 21.7 Å². The molecule has 0 saturated carbocycles. The Balaban J connectivity index is 1.44. The normalized spacial score (nSPS) is 12.6. The number of carbonyl (C=O) groups is 1. The van der Waals surface area contributed by atoms with Gasteiger partial charge in [0, 0.05) is 10.4 Å². The summed E-state index contributed by atoms with van der Waals surface area (Å²) in [5.74, 6) is -0.106. The number of thioether (sulfide) groups is 1. The highest BCUT2D eigenvalue weighted by Crippen LogP contribution is 2.32. The molecule has 31 heavy (non-hydrogen) atoms. The summed E-state index contributed by atoms with van der Waals surface area (Å²) in [6, 6.07) is 15.7. The van der Waals surface area contributed by atoms with E-state index in [0.717, 1.165) is 32.3 Å². The summed E-state index contributed by atoms with van der Waals surface area (Å²) in [4.78, 5) is 17.5. The summed E-state index contributed by atoms with van der Waals surface area (Å²) in [6.45, 7) is 4.05. The maximum absolute atomic E-state index is 13.0. The Labute approximate surface area is 191 Å². The first kappa shape index (κ1) is 20.2. The van der Waals surface area contributed by atoms with Gasteiger partial charge in [0.15, 0.2) is 15.9 Å². The van der Waals surface area contributed by atoms with Crippen molar-refractivity contribution in [2.24, 2.45) is 0 Å². The van der Waals surface area contributed by atoms with Crippen molar-refractivity contribution < 1.29 is 4.79 Å². The minimum absolute atomic E-state index is 0.106.